The first-order valence-electron chi connectivity index (χ1n) is 7.15. The van der Waals surface area contributed by atoms with Gasteiger partial charge in [0.05, 0.1) is 13.7 Å². The Morgan fingerprint density at radius 1 is 1.13 bits per heavy atom. The molecule has 2 aromatic rings. The lowest BCUT2D eigenvalue weighted by Gasteiger charge is -2.17. The zero-order chi connectivity index (χ0) is 16.7. The van der Waals surface area contributed by atoms with Crippen molar-refractivity contribution in [3.8, 4) is 5.75 Å². The van der Waals surface area contributed by atoms with E-state index in [-0.39, 0.29) is 18.4 Å². The first kappa shape index (κ1) is 16.5. The summed E-state index contributed by atoms with van der Waals surface area (Å²) in [5.41, 5.74) is 1.47. The quantitative estimate of drug-likeness (QED) is 0.877. The number of ether oxygens (including phenoxy) is 1. The van der Waals surface area contributed by atoms with Gasteiger partial charge in [-0.2, -0.15) is 0 Å². The van der Waals surface area contributed by atoms with Crippen LogP contribution < -0.4 is 10.1 Å². The molecule has 1 N–H and O–H groups in total. The van der Waals surface area contributed by atoms with Crippen molar-refractivity contribution in [3.05, 3.63) is 59.9 Å². The molecule has 0 aliphatic heterocycles. The summed E-state index contributed by atoms with van der Waals surface area (Å²) in [5, 5.41) is 2.62. The fourth-order valence-corrected chi connectivity index (χ4v) is 1.99. The Morgan fingerprint density at radius 3 is 2.39 bits per heavy atom. The third-order valence-corrected chi connectivity index (χ3v) is 3.35. The topological polar surface area (TPSA) is 71.5 Å². The van der Waals surface area contributed by atoms with Crippen molar-refractivity contribution in [2.75, 3.05) is 20.7 Å². The average Bonchev–Trinajstić information content (AvgIpc) is 2.60. The maximum Gasteiger partial charge on any atom is 0.251 e. The highest BCUT2D eigenvalue weighted by molar-refractivity contribution is 5.96. The smallest absolute Gasteiger partial charge is 0.251 e. The Balaban J connectivity index is 1.84. The molecule has 1 aromatic heterocycles. The lowest BCUT2D eigenvalue weighted by molar-refractivity contribution is -0.129. The fraction of sp³-hybridized carbons (Fsp3) is 0.235. The van der Waals surface area contributed by atoms with Crippen molar-refractivity contribution < 1.29 is 14.3 Å². The molecule has 23 heavy (non-hydrogen) atoms. The summed E-state index contributed by atoms with van der Waals surface area (Å²) in [6.45, 7) is 0.423. The second kappa shape index (κ2) is 7.93. The van der Waals surface area contributed by atoms with Crippen LogP contribution in [-0.4, -0.2) is 42.4 Å². The van der Waals surface area contributed by atoms with Gasteiger partial charge in [0, 0.05) is 31.5 Å². The number of hydrogen-bond donors (Lipinski definition) is 1. The van der Waals surface area contributed by atoms with Crippen molar-refractivity contribution >= 4 is 11.8 Å². The Kier molecular flexibility index (Phi) is 5.68. The van der Waals surface area contributed by atoms with E-state index in [0.717, 1.165) is 5.56 Å². The van der Waals surface area contributed by atoms with Crippen molar-refractivity contribution in [1.29, 1.82) is 0 Å². The molecule has 2 amide bonds. The predicted molar refractivity (Wildman–Crippen MR) is 86.0 cm³/mol. The molecule has 0 spiro atoms. The molecule has 0 fully saturated rings. The minimum atomic E-state index is -0.293. The molecule has 0 aliphatic rings. The van der Waals surface area contributed by atoms with Gasteiger partial charge in [0.15, 0.2) is 0 Å². The highest BCUT2D eigenvalue weighted by atomic mass is 16.5. The van der Waals surface area contributed by atoms with Crippen LogP contribution in [0, 0.1) is 0 Å². The second-order valence-corrected chi connectivity index (χ2v) is 5.02. The average molecular weight is 313 g/mol. The number of benzene rings is 1. The number of hydrogen-bond acceptors (Lipinski definition) is 4. The molecule has 0 radical (unpaired) electrons. The van der Waals surface area contributed by atoms with Crippen LogP contribution in [0.1, 0.15) is 15.9 Å². The Hall–Kier alpha value is -2.89. The number of nitrogens with one attached hydrogen (secondary N) is 1. The SMILES string of the molecule is COc1ccc(C(=O)NCC(=O)N(C)Cc2ccncc2)cc1. The Morgan fingerprint density at radius 2 is 1.78 bits per heavy atom. The molecule has 6 heteroatoms. The minimum absolute atomic E-state index is 0.0492. The molecular formula is C17H19N3O3. The van der Waals surface area contributed by atoms with Crippen LogP contribution in [0.2, 0.25) is 0 Å². The Labute approximate surface area is 135 Å². The van der Waals surface area contributed by atoms with Crippen LogP contribution in [0.25, 0.3) is 0 Å². The lowest BCUT2D eigenvalue weighted by atomic mass is 10.2. The van der Waals surface area contributed by atoms with Crippen LogP contribution >= 0.6 is 0 Å². The van der Waals surface area contributed by atoms with E-state index >= 15 is 0 Å². The van der Waals surface area contributed by atoms with E-state index in [1.807, 2.05) is 12.1 Å². The molecule has 0 unspecified atom stereocenters. The van der Waals surface area contributed by atoms with Gasteiger partial charge in [0.25, 0.3) is 5.91 Å². The van der Waals surface area contributed by atoms with Gasteiger partial charge >= 0.3 is 0 Å². The van der Waals surface area contributed by atoms with Crippen molar-refractivity contribution in [2.45, 2.75) is 6.54 Å². The number of amides is 2. The number of carbonyl (C=O) groups is 2. The summed E-state index contributed by atoms with van der Waals surface area (Å²) in [4.78, 5) is 29.6. The first-order chi connectivity index (χ1) is 11.1. The molecular weight excluding hydrogens is 294 g/mol. The van der Waals surface area contributed by atoms with E-state index in [1.165, 1.54) is 0 Å². The van der Waals surface area contributed by atoms with Gasteiger partial charge < -0.3 is 15.0 Å². The van der Waals surface area contributed by atoms with Gasteiger partial charge in [0.2, 0.25) is 5.91 Å². The standard InChI is InChI=1S/C17H19N3O3/c1-20(12-13-7-9-18-10-8-13)16(21)11-19-17(22)14-3-5-15(23-2)6-4-14/h3-10H,11-12H2,1-2H3,(H,19,22). The van der Waals surface area contributed by atoms with E-state index in [2.05, 4.69) is 10.3 Å². The number of likely N-dealkylation sites (N-methyl/N-ethyl adjacent to an activating group) is 1. The summed E-state index contributed by atoms with van der Waals surface area (Å²) in [6.07, 6.45) is 3.36. The third-order valence-electron chi connectivity index (χ3n) is 3.35. The highest BCUT2D eigenvalue weighted by Crippen LogP contribution is 2.11. The van der Waals surface area contributed by atoms with Crippen LogP contribution in [0.4, 0.5) is 0 Å². The maximum absolute atomic E-state index is 12.1. The monoisotopic (exact) mass is 313 g/mol. The second-order valence-electron chi connectivity index (χ2n) is 5.02. The normalized spacial score (nSPS) is 10.0. The predicted octanol–water partition coefficient (Wildman–Crippen LogP) is 1.48. The molecule has 0 aliphatic carbocycles. The zero-order valence-corrected chi connectivity index (χ0v) is 13.2. The molecule has 0 saturated carbocycles. The molecule has 1 aromatic carbocycles. The highest BCUT2D eigenvalue weighted by Gasteiger charge is 2.12. The first-order valence-corrected chi connectivity index (χ1v) is 7.15. The lowest BCUT2D eigenvalue weighted by Crippen LogP contribution is -2.37. The van der Waals surface area contributed by atoms with E-state index in [1.54, 1.807) is 55.7 Å². The van der Waals surface area contributed by atoms with Gasteiger partial charge in [-0.3, -0.25) is 14.6 Å². The van der Waals surface area contributed by atoms with Crippen molar-refractivity contribution in [2.24, 2.45) is 0 Å². The molecule has 120 valence electrons. The number of pyridine rings is 1. The number of rotatable bonds is 6. The van der Waals surface area contributed by atoms with Crippen LogP contribution in [-0.2, 0) is 11.3 Å². The molecule has 6 nitrogen and oxygen atoms in total. The maximum atomic E-state index is 12.1. The largest absolute Gasteiger partial charge is 0.497 e. The minimum Gasteiger partial charge on any atom is -0.497 e. The summed E-state index contributed by atoms with van der Waals surface area (Å²) in [6, 6.07) is 10.4. The van der Waals surface area contributed by atoms with Gasteiger partial charge in [-0.05, 0) is 42.0 Å². The molecule has 0 atom stereocenters. The molecule has 1 heterocycles. The van der Waals surface area contributed by atoms with Crippen LogP contribution in [0.15, 0.2) is 48.8 Å². The summed E-state index contributed by atoms with van der Waals surface area (Å²) in [7, 11) is 3.26. The third kappa shape index (κ3) is 4.81. The number of nitrogens with zero attached hydrogens (tertiary/aromatic N) is 2. The number of aromatic nitrogens is 1. The molecule has 0 bridgehead atoms. The van der Waals surface area contributed by atoms with Gasteiger partial charge in [-0.15, -0.1) is 0 Å². The van der Waals surface area contributed by atoms with Crippen molar-refractivity contribution in [1.82, 2.24) is 15.2 Å². The van der Waals surface area contributed by atoms with E-state index < -0.39 is 0 Å². The number of methoxy groups -OCH3 is 1. The number of carbonyl (C=O) groups excluding carboxylic acids is 2. The van der Waals surface area contributed by atoms with E-state index in [9.17, 15) is 9.59 Å². The van der Waals surface area contributed by atoms with Crippen LogP contribution in [0.3, 0.4) is 0 Å². The Bertz CT molecular complexity index is 657. The van der Waals surface area contributed by atoms with E-state index in [0.29, 0.717) is 17.9 Å². The van der Waals surface area contributed by atoms with Crippen molar-refractivity contribution in [3.63, 3.8) is 0 Å². The van der Waals surface area contributed by atoms with Gasteiger partial charge in [0.1, 0.15) is 5.75 Å². The summed E-state index contributed by atoms with van der Waals surface area (Å²) in [5.74, 6) is 0.219. The molecule has 0 saturated heterocycles. The molecule has 2 rings (SSSR count). The summed E-state index contributed by atoms with van der Waals surface area (Å²) >= 11 is 0. The van der Waals surface area contributed by atoms with E-state index in [4.69, 9.17) is 4.74 Å². The fourth-order valence-electron chi connectivity index (χ4n) is 1.99. The van der Waals surface area contributed by atoms with Gasteiger partial charge in [-0.1, -0.05) is 0 Å². The zero-order valence-electron chi connectivity index (χ0n) is 13.2. The van der Waals surface area contributed by atoms with Gasteiger partial charge in [-0.25, -0.2) is 0 Å². The summed E-state index contributed by atoms with van der Waals surface area (Å²) < 4.78 is 5.04. The van der Waals surface area contributed by atoms with Crippen LogP contribution in [0.5, 0.6) is 5.75 Å².